The Morgan fingerprint density at radius 2 is 1.71 bits per heavy atom. The minimum absolute atomic E-state index is 0.0336. The van der Waals surface area contributed by atoms with Gasteiger partial charge in [0.2, 0.25) is 5.91 Å². The molecular weight excluding hydrogens is 260 g/mol. The van der Waals surface area contributed by atoms with Gasteiger partial charge in [0.25, 0.3) is 0 Å². The largest absolute Gasteiger partial charge is 0.351 e. The zero-order chi connectivity index (χ0) is 14.9. The summed E-state index contributed by atoms with van der Waals surface area (Å²) in [5.41, 5.74) is 3.65. The third kappa shape index (κ3) is 5.40. The summed E-state index contributed by atoms with van der Waals surface area (Å²) < 4.78 is 0. The van der Waals surface area contributed by atoms with Crippen LogP contribution in [0.2, 0.25) is 0 Å². The second-order valence-corrected chi connectivity index (χ2v) is 5.12. The van der Waals surface area contributed by atoms with E-state index in [1.54, 1.807) is 0 Å². The van der Waals surface area contributed by atoms with Crippen molar-refractivity contribution in [2.24, 2.45) is 0 Å². The van der Waals surface area contributed by atoms with Crippen molar-refractivity contribution >= 4 is 5.91 Å². The van der Waals surface area contributed by atoms with Gasteiger partial charge in [-0.25, -0.2) is 0 Å². The molecule has 0 fully saturated rings. The second kappa shape index (κ2) is 8.22. The average Bonchev–Trinajstić information content (AvgIpc) is 2.52. The molecule has 0 aliphatic rings. The molecule has 2 rings (SSSR count). The lowest BCUT2D eigenvalue weighted by molar-refractivity contribution is -0.120. The molecule has 0 unspecified atom stereocenters. The normalized spacial score (nSPS) is 10.3. The lowest BCUT2D eigenvalue weighted by Gasteiger charge is -2.08. The van der Waals surface area contributed by atoms with Gasteiger partial charge < -0.3 is 10.6 Å². The molecule has 0 atom stereocenters. The zero-order valence-corrected chi connectivity index (χ0v) is 12.4. The molecule has 0 saturated carbocycles. The summed E-state index contributed by atoms with van der Waals surface area (Å²) in [6.45, 7) is 3.81. The van der Waals surface area contributed by atoms with E-state index >= 15 is 0 Å². The monoisotopic (exact) mass is 282 g/mol. The van der Waals surface area contributed by atoms with Gasteiger partial charge in [-0.2, -0.15) is 0 Å². The van der Waals surface area contributed by atoms with Crippen molar-refractivity contribution in [1.82, 2.24) is 10.6 Å². The molecule has 2 N–H and O–H groups in total. The highest BCUT2D eigenvalue weighted by Crippen LogP contribution is 2.05. The van der Waals surface area contributed by atoms with Crippen LogP contribution in [0.25, 0.3) is 0 Å². The molecule has 0 spiro atoms. The summed E-state index contributed by atoms with van der Waals surface area (Å²) in [4.78, 5) is 11.8. The van der Waals surface area contributed by atoms with Gasteiger partial charge >= 0.3 is 0 Å². The zero-order valence-electron chi connectivity index (χ0n) is 12.4. The molecule has 2 aromatic rings. The SMILES string of the molecule is Cc1ccccc1CNC(=O)CNCCc1ccccc1. The molecule has 0 aliphatic carbocycles. The number of rotatable bonds is 7. The Bertz CT molecular complexity index is 566. The lowest BCUT2D eigenvalue weighted by Crippen LogP contribution is -2.34. The predicted octanol–water partition coefficient (Wildman–Crippen LogP) is 2.44. The highest BCUT2D eigenvalue weighted by atomic mass is 16.1. The standard InChI is InChI=1S/C18H22N2O/c1-15-7-5-6-10-17(15)13-20-18(21)14-19-12-11-16-8-3-2-4-9-16/h2-10,19H,11-14H2,1H3,(H,20,21). The first-order chi connectivity index (χ1) is 10.3. The van der Waals surface area contributed by atoms with Crippen molar-refractivity contribution in [3.63, 3.8) is 0 Å². The molecule has 21 heavy (non-hydrogen) atoms. The summed E-state index contributed by atoms with van der Waals surface area (Å²) in [6.07, 6.45) is 0.936. The number of hydrogen-bond donors (Lipinski definition) is 2. The summed E-state index contributed by atoms with van der Waals surface area (Å²) in [6, 6.07) is 18.4. The van der Waals surface area contributed by atoms with E-state index in [2.05, 4.69) is 35.8 Å². The summed E-state index contributed by atoms with van der Waals surface area (Å²) >= 11 is 0. The molecular formula is C18H22N2O. The Kier molecular flexibility index (Phi) is 5.98. The maximum absolute atomic E-state index is 11.8. The Morgan fingerprint density at radius 3 is 2.48 bits per heavy atom. The van der Waals surface area contributed by atoms with Gasteiger partial charge in [-0.3, -0.25) is 4.79 Å². The fourth-order valence-corrected chi connectivity index (χ4v) is 2.14. The van der Waals surface area contributed by atoms with Crippen LogP contribution in [0.1, 0.15) is 16.7 Å². The third-order valence-corrected chi connectivity index (χ3v) is 3.46. The van der Waals surface area contributed by atoms with Gasteiger partial charge in [0.1, 0.15) is 0 Å². The minimum atomic E-state index is 0.0336. The van der Waals surface area contributed by atoms with Gasteiger partial charge in [-0.1, -0.05) is 54.6 Å². The Hall–Kier alpha value is -2.13. The van der Waals surface area contributed by atoms with Crippen molar-refractivity contribution in [1.29, 1.82) is 0 Å². The Balaban J connectivity index is 1.63. The highest BCUT2D eigenvalue weighted by molar-refractivity contribution is 5.78. The van der Waals surface area contributed by atoms with Crippen LogP contribution in [0.5, 0.6) is 0 Å². The first-order valence-electron chi connectivity index (χ1n) is 7.31. The number of nitrogens with one attached hydrogen (secondary N) is 2. The molecule has 3 heteroatoms. The number of carbonyl (C=O) groups is 1. The lowest BCUT2D eigenvalue weighted by atomic mass is 10.1. The molecule has 2 aromatic carbocycles. The van der Waals surface area contributed by atoms with Gasteiger partial charge in [-0.05, 0) is 36.6 Å². The minimum Gasteiger partial charge on any atom is -0.351 e. The van der Waals surface area contributed by atoms with Crippen LogP contribution in [0.15, 0.2) is 54.6 Å². The fraction of sp³-hybridized carbons (Fsp3) is 0.278. The molecule has 1 amide bonds. The van der Waals surface area contributed by atoms with Crippen LogP contribution in [0, 0.1) is 6.92 Å². The predicted molar refractivity (Wildman–Crippen MR) is 86.0 cm³/mol. The molecule has 0 saturated heterocycles. The molecule has 0 aromatic heterocycles. The van der Waals surface area contributed by atoms with Gasteiger partial charge in [0.05, 0.1) is 6.54 Å². The molecule has 0 bridgehead atoms. The van der Waals surface area contributed by atoms with Crippen LogP contribution < -0.4 is 10.6 Å². The molecule has 0 heterocycles. The van der Waals surface area contributed by atoms with E-state index in [-0.39, 0.29) is 5.91 Å². The maximum Gasteiger partial charge on any atom is 0.234 e. The number of amides is 1. The van der Waals surface area contributed by atoms with Crippen LogP contribution in [-0.4, -0.2) is 19.0 Å². The van der Waals surface area contributed by atoms with E-state index in [1.165, 1.54) is 11.1 Å². The third-order valence-electron chi connectivity index (χ3n) is 3.46. The quantitative estimate of drug-likeness (QED) is 0.766. The van der Waals surface area contributed by atoms with Gasteiger partial charge in [-0.15, -0.1) is 0 Å². The second-order valence-electron chi connectivity index (χ2n) is 5.12. The van der Waals surface area contributed by atoms with E-state index < -0.39 is 0 Å². The van der Waals surface area contributed by atoms with Crippen molar-refractivity contribution in [3.05, 3.63) is 71.3 Å². The highest BCUT2D eigenvalue weighted by Gasteiger charge is 2.02. The fourth-order valence-electron chi connectivity index (χ4n) is 2.14. The van der Waals surface area contributed by atoms with E-state index in [0.29, 0.717) is 13.1 Å². The van der Waals surface area contributed by atoms with Crippen LogP contribution in [0.3, 0.4) is 0 Å². The van der Waals surface area contributed by atoms with Gasteiger partial charge in [0.15, 0.2) is 0 Å². The molecule has 3 nitrogen and oxygen atoms in total. The molecule has 110 valence electrons. The summed E-state index contributed by atoms with van der Waals surface area (Å²) in [5, 5.41) is 6.11. The van der Waals surface area contributed by atoms with Crippen molar-refractivity contribution in [2.45, 2.75) is 19.9 Å². The average molecular weight is 282 g/mol. The molecule has 0 aliphatic heterocycles. The Morgan fingerprint density at radius 1 is 1.00 bits per heavy atom. The smallest absolute Gasteiger partial charge is 0.234 e. The number of aryl methyl sites for hydroxylation is 1. The number of benzene rings is 2. The van der Waals surface area contributed by atoms with E-state index in [9.17, 15) is 4.79 Å². The first-order valence-corrected chi connectivity index (χ1v) is 7.31. The van der Waals surface area contributed by atoms with Crippen LogP contribution in [-0.2, 0) is 17.8 Å². The summed E-state index contributed by atoms with van der Waals surface area (Å²) in [7, 11) is 0. The first kappa shape index (κ1) is 15.3. The van der Waals surface area contributed by atoms with Gasteiger partial charge in [0, 0.05) is 6.54 Å². The van der Waals surface area contributed by atoms with Crippen LogP contribution in [0.4, 0.5) is 0 Å². The van der Waals surface area contributed by atoms with Crippen LogP contribution >= 0.6 is 0 Å². The van der Waals surface area contributed by atoms with Crippen molar-refractivity contribution in [3.8, 4) is 0 Å². The number of carbonyl (C=O) groups excluding carboxylic acids is 1. The van der Waals surface area contributed by atoms with E-state index in [0.717, 1.165) is 18.5 Å². The van der Waals surface area contributed by atoms with Crippen molar-refractivity contribution < 1.29 is 4.79 Å². The van der Waals surface area contributed by atoms with Crippen molar-refractivity contribution in [2.75, 3.05) is 13.1 Å². The van der Waals surface area contributed by atoms with E-state index in [1.807, 2.05) is 36.4 Å². The Labute approximate surface area is 126 Å². The number of hydrogen-bond acceptors (Lipinski definition) is 2. The maximum atomic E-state index is 11.8. The van der Waals surface area contributed by atoms with E-state index in [4.69, 9.17) is 0 Å². The molecule has 0 radical (unpaired) electrons. The topological polar surface area (TPSA) is 41.1 Å². The summed E-state index contributed by atoms with van der Waals surface area (Å²) in [5.74, 6) is 0.0336.